The van der Waals surface area contributed by atoms with E-state index in [0.717, 1.165) is 25.1 Å². The summed E-state index contributed by atoms with van der Waals surface area (Å²) >= 11 is 0. The van der Waals surface area contributed by atoms with Crippen molar-refractivity contribution in [1.29, 1.82) is 0 Å². The van der Waals surface area contributed by atoms with Crippen LogP contribution in [0.1, 0.15) is 41.6 Å². The summed E-state index contributed by atoms with van der Waals surface area (Å²) in [6.07, 6.45) is 4.58. The third kappa shape index (κ3) is 3.61. The first-order valence-electron chi connectivity index (χ1n) is 9.47. The molecule has 4 rings (SSSR count). The van der Waals surface area contributed by atoms with Crippen LogP contribution in [-0.2, 0) is 6.54 Å². The number of methoxy groups -OCH3 is 1. The van der Waals surface area contributed by atoms with Gasteiger partial charge in [-0.2, -0.15) is 0 Å². The maximum Gasteiger partial charge on any atom is 0.251 e. The second-order valence-corrected chi connectivity index (χ2v) is 7.41. The van der Waals surface area contributed by atoms with E-state index in [1.54, 1.807) is 7.11 Å². The summed E-state index contributed by atoms with van der Waals surface area (Å²) in [6, 6.07) is 19.5. The fourth-order valence-electron chi connectivity index (χ4n) is 4.46. The van der Waals surface area contributed by atoms with Crippen molar-refractivity contribution in [2.24, 2.45) is 0 Å². The number of nitrogens with one attached hydrogen (secondary N) is 1. The Morgan fingerprint density at radius 3 is 2.31 bits per heavy atom. The number of carbonyl (C=O) groups is 1. The van der Waals surface area contributed by atoms with Crippen LogP contribution in [0.15, 0.2) is 54.6 Å². The summed E-state index contributed by atoms with van der Waals surface area (Å²) < 4.78 is 5.16. The third-order valence-electron chi connectivity index (χ3n) is 5.78. The van der Waals surface area contributed by atoms with Gasteiger partial charge in [0.15, 0.2) is 0 Å². The minimum atomic E-state index is 0.0218. The number of fused-ring (bicyclic) bond motifs is 2. The fourth-order valence-corrected chi connectivity index (χ4v) is 4.46. The molecule has 2 unspecified atom stereocenters. The molecule has 2 saturated heterocycles. The lowest BCUT2D eigenvalue weighted by atomic mass is 9.96. The second-order valence-electron chi connectivity index (χ2n) is 7.41. The predicted molar refractivity (Wildman–Crippen MR) is 102 cm³/mol. The van der Waals surface area contributed by atoms with E-state index in [1.165, 1.54) is 18.4 Å². The number of rotatable bonds is 5. The molecule has 26 heavy (non-hydrogen) atoms. The van der Waals surface area contributed by atoms with Crippen molar-refractivity contribution in [3.05, 3.63) is 65.7 Å². The molecule has 1 amide bonds. The zero-order chi connectivity index (χ0) is 17.9. The Hall–Kier alpha value is -2.33. The molecule has 2 fully saturated rings. The molecular weight excluding hydrogens is 324 g/mol. The number of hydrogen-bond acceptors (Lipinski definition) is 3. The minimum absolute atomic E-state index is 0.0218. The molecular formula is C22H26N2O2. The summed E-state index contributed by atoms with van der Waals surface area (Å²) in [7, 11) is 1.63. The van der Waals surface area contributed by atoms with Crippen molar-refractivity contribution in [2.75, 3.05) is 7.11 Å². The van der Waals surface area contributed by atoms with Gasteiger partial charge in [-0.3, -0.25) is 9.69 Å². The zero-order valence-electron chi connectivity index (χ0n) is 15.2. The van der Waals surface area contributed by atoms with E-state index < -0.39 is 0 Å². The molecule has 0 aromatic heterocycles. The predicted octanol–water partition coefficient (Wildman–Crippen LogP) is 3.62. The quantitative estimate of drug-likeness (QED) is 0.895. The molecule has 2 bridgehead atoms. The van der Waals surface area contributed by atoms with Gasteiger partial charge in [0.2, 0.25) is 0 Å². The van der Waals surface area contributed by atoms with Crippen LogP contribution < -0.4 is 10.1 Å². The van der Waals surface area contributed by atoms with Gasteiger partial charge in [0, 0.05) is 30.2 Å². The van der Waals surface area contributed by atoms with E-state index in [0.29, 0.717) is 17.6 Å². The Morgan fingerprint density at radius 2 is 1.69 bits per heavy atom. The number of hydrogen-bond donors (Lipinski definition) is 1. The highest BCUT2D eigenvalue weighted by Gasteiger charge is 2.40. The van der Waals surface area contributed by atoms with Gasteiger partial charge < -0.3 is 10.1 Å². The summed E-state index contributed by atoms with van der Waals surface area (Å²) in [6.45, 7) is 1.02. The van der Waals surface area contributed by atoms with Crippen molar-refractivity contribution in [1.82, 2.24) is 10.2 Å². The topological polar surface area (TPSA) is 41.6 Å². The highest BCUT2D eigenvalue weighted by molar-refractivity contribution is 5.94. The van der Waals surface area contributed by atoms with Gasteiger partial charge in [0.1, 0.15) is 5.75 Å². The summed E-state index contributed by atoms with van der Waals surface area (Å²) in [5.41, 5.74) is 2.08. The molecule has 4 nitrogen and oxygen atoms in total. The molecule has 2 aromatic rings. The summed E-state index contributed by atoms with van der Waals surface area (Å²) in [5, 5.41) is 3.25. The van der Waals surface area contributed by atoms with Crippen molar-refractivity contribution < 1.29 is 9.53 Å². The number of carbonyl (C=O) groups excluding carboxylic acids is 1. The summed E-state index contributed by atoms with van der Waals surface area (Å²) in [5.74, 6) is 0.794. The molecule has 0 radical (unpaired) electrons. The summed E-state index contributed by atoms with van der Waals surface area (Å²) in [4.78, 5) is 15.2. The second kappa shape index (κ2) is 7.50. The molecule has 0 saturated carbocycles. The first kappa shape index (κ1) is 17.1. The van der Waals surface area contributed by atoms with Gasteiger partial charge in [-0.15, -0.1) is 0 Å². The highest BCUT2D eigenvalue weighted by atomic mass is 16.5. The average Bonchev–Trinajstić information content (AvgIpc) is 2.91. The smallest absolute Gasteiger partial charge is 0.251 e. The van der Waals surface area contributed by atoms with Gasteiger partial charge in [0.25, 0.3) is 5.91 Å². The van der Waals surface area contributed by atoms with E-state index in [1.807, 2.05) is 24.3 Å². The Bertz CT molecular complexity index is 730. The normalized spacial score (nSPS) is 25.0. The van der Waals surface area contributed by atoms with Gasteiger partial charge in [0.05, 0.1) is 7.11 Å². The lowest BCUT2D eigenvalue weighted by Gasteiger charge is -2.39. The molecule has 0 aliphatic carbocycles. The lowest BCUT2D eigenvalue weighted by Crippen LogP contribution is -2.49. The van der Waals surface area contributed by atoms with E-state index >= 15 is 0 Å². The minimum Gasteiger partial charge on any atom is -0.497 e. The molecule has 2 aliphatic rings. The Morgan fingerprint density at radius 1 is 1.04 bits per heavy atom. The van der Waals surface area contributed by atoms with Crippen molar-refractivity contribution in [3.8, 4) is 5.75 Å². The molecule has 2 aromatic carbocycles. The number of amides is 1. The van der Waals surface area contributed by atoms with Crippen molar-refractivity contribution >= 4 is 5.91 Å². The van der Waals surface area contributed by atoms with E-state index in [4.69, 9.17) is 4.74 Å². The van der Waals surface area contributed by atoms with Gasteiger partial charge >= 0.3 is 0 Å². The Labute approximate surface area is 155 Å². The zero-order valence-corrected chi connectivity index (χ0v) is 15.2. The largest absolute Gasteiger partial charge is 0.497 e. The number of ether oxygens (including phenoxy) is 1. The van der Waals surface area contributed by atoms with Gasteiger partial charge in [-0.25, -0.2) is 0 Å². The molecule has 4 heteroatoms. The van der Waals surface area contributed by atoms with Crippen molar-refractivity contribution in [3.63, 3.8) is 0 Å². The Balaban J connectivity index is 1.36. The number of nitrogens with zero attached hydrogens (tertiary/aromatic N) is 1. The van der Waals surface area contributed by atoms with Crippen LogP contribution in [0, 0.1) is 0 Å². The van der Waals surface area contributed by atoms with Gasteiger partial charge in [-0.05, 0) is 55.5 Å². The van der Waals surface area contributed by atoms with Crippen LogP contribution in [0.25, 0.3) is 0 Å². The van der Waals surface area contributed by atoms with Crippen molar-refractivity contribution in [2.45, 2.75) is 50.4 Å². The monoisotopic (exact) mass is 350 g/mol. The van der Waals surface area contributed by atoms with Gasteiger partial charge in [-0.1, -0.05) is 30.3 Å². The van der Waals surface area contributed by atoms with Crippen LogP contribution in [0.3, 0.4) is 0 Å². The van der Waals surface area contributed by atoms with E-state index in [9.17, 15) is 4.79 Å². The molecule has 2 atom stereocenters. The van der Waals surface area contributed by atoms with Crippen LogP contribution in [-0.4, -0.2) is 36.0 Å². The number of benzene rings is 2. The maximum absolute atomic E-state index is 12.6. The molecule has 2 heterocycles. The van der Waals surface area contributed by atoms with Crippen LogP contribution in [0.2, 0.25) is 0 Å². The first-order chi connectivity index (χ1) is 12.7. The van der Waals surface area contributed by atoms with E-state index in [2.05, 4.69) is 40.5 Å². The van der Waals surface area contributed by atoms with E-state index in [-0.39, 0.29) is 11.9 Å². The van der Waals surface area contributed by atoms with Crippen LogP contribution in [0.4, 0.5) is 0 Å². The molecule has 1 N–H and O–H groups in total. The molecule has 136 valence electrons. The molecule has 2 aliphatic heterocycles. The van der Waals surface area contributed by atoms with Crippen LogP contribution in [0.5, 0.6) is 5.75 Å². The molecule has 0 spiro atoms. The lowest BCUT2D eigenvalue weighted by molar-refractivity contribution is 0.0828. The number of piperidine rings is 1. The Kier molecular flexibility index (Phi) is 4.93. The first-order valence-corrected chi connectivity index (χ1v) is 9.47. The highest BCUT2D eigenvalue weighted by Crippen LogP contribution is 2.36. The average molecular weight is 350 g/mol. The fraction of sp³-hybridized carbons (Fsp3) is 0.409. The van der Waals surface area contributed by atoms with Crippen LogP contribution >= 0.6 is 0 Å². The maximum atomic E-state index is 12.6. The SMILES string of the molecule is COc1ccc(C(=O)NC2CC3CCC(C2)N3Cc2ccccc2)cc1. The standard InChI is InChI=1S/C22H26N2O2/c1-26-21-11-7-17(8-12-21)22(25)23-18-13-19-9-10-20(14-18)24(19)15-16-5-3-2-4-6-16/h2-8,11-12,18-20H,9-10,13-15H2,1H3,(H,23,25). The third-order valence-corrected chi connectivity index (χ3v) is 5.78.